The first kappa shape index (κ1) is 33.2. The van der Waals surface area contributed by atoms with E-state index in [9.17, 15) is 0 Å². The molecule has 0 N–H and O–H groups in total. The SMILES string of the molecule is CC1(C)c2ccccc2-c2ccc(N(c3ccc(-c4ccccc4)cc3)c3ccc(-c4c(-c5ccccc5)c5c6ccccc6oc5c5ccccc45)cc3)cc21. The van der Waals surface area contributed by atoms with Gasteiger partial charge in [0.05, 0.1) is 0 Å². The summed E-state index contributed by atoms with van der Waals surface area (Å²) >= 11 is 0. The van der Waals surface area contributed by atoms with Crippen molar-refractivity contribution in [2.45, 2.75) is 19.3 Å². The smallest absolute Gasteiger partial charge is 0.143 e. The van der Waals surface area contributed by atoms with Crippen LogP contribution in [0, 0.1) is 0 Å². The third-order valence-electron chi connectivity index (χ3n) is 12.1. The first-order valence-corrected chi connectivity index (χ1v) is 19.8. The first-order valence-electron chi connectivity index (χ1n) is 19.8. The standard InChI is InChI=1S/C55H39NO/c1-55(2)48-23-13-11-19-43(48)44-34-33-42(35-49(44)55)56(40-29-25-37(26-30-40)36-15-5-3-6-16-36)41-31-27-39(28-32-41)51-45-20-9-10-21-46(45)54-53(47-22-12-14-24-50(47)57-54)52(51)38-17-7-4-8-18-38/h3-35H,1-2H3. The van der Waals surface area contributed by atoms with E-state index in [4.69, 9.17) is 4.42 Å². The fourth-order valence-corrected chi connectivity index (χ4v) is 9.32. The molecule has 0 fully saturated rings. The van der Waals surface area contributed by atoms with Crippen molar-refractivity contribution in [2.75, 3.05) is 4.90 Å². The van der Waals surface area contributed by atoms with Crippen molar-refractivity contribution in [1.82, 2.24) is 0 Å². The lowest BCUT2D eigenvalue weighted by molar-refractivity contribution is 0.660. The van der Waals surface area contributed by atoms with Gasteiger partial charge in [0.2, 0.25) is 0 Å². The number of nitrogens with zero attached hydrogens (tertiary/aromatic N) is 1. The Morgan fingerprint density at radius 1 is 0.386 bits per heavy atom. The Hall–Kier alpha value is -7.16. The maximum atomic E-state index is 6.66. The van der Waals surface area contributed by atoms with Crippen LogP contribution in [0.1, 0.15) is 25.0 Å². The van der Waals surface area contributed by atoms with Crippen LogP contribution in [0.15, 0.2) is 205 Å². The van der Waals surface area contributed by atoms with Gasteiger partial charge in [-0.25, -0.2) is 0 Å². The summed E-state index contributed by atoms with van der Waals surface area (Å²) in [6.07, 6.45) is 0. The average Bonchev–Trinajstić information content (AvgIpc) is 3.77. The summed E-state index contributed by atoms with van der Waals surface area (Å²) in [5.74, 6) is 0. The van der Waals surface area contributed by atoms with E-state index in [0.29, 0.717) is 0 Å². The molecular formula is C55H39NO. The van der Waals surface area contributed by atoms with E-state index in [-0.39, 0.29) is 5.41 Å². The number of hydrogen-bond donors (Lipinski definition) is 0. The largest absolute Gasteiger partial charge is 0.455 e. The monoisotopic (exact) mass is 729 g/mol. The molecule has 0 saturated carbocycles. The number of rotatable bonds is 6. The van der Waals surface area contributed by atoms with E-state index >= 15 is 0 Å². The van der Waals surface area contributed by atoms with E-state index in [1.54, 1.807) is 0 Å². The second-order valence-electron chi connectivity index (χ2n) is 15.7. The fraction of sp³-hybridized carbons (Fsp3) is 0.0545. The molecule has 0 bridgehead atoms. The number of hydrogen-bond acceptors (Lipinski definition) is 2. The lowest BCUT2D eigenvalue weighted by atomic mass is 9.82. The van der Waals surface area contributed by atoms with Gasteiger partial charge in [0, 0.05) is 44.2 Å². The van der Waals surface area contributed by atoms with Crippen molar-refractivity contribution >= 4 is 49.8 Å². The van der Waals surface area contributed by atoms with Gasteiger partial charge in [-0.1, -0.05) is 172 Å². The summed E-state index contributed by atoms with van der Waals surface area (Å²) in [4.78, 5) is 2.40. The molecule has 57 heavy (non-hydrogen) atoms. The maximum Gasteiger partial charge on any atom is 0.143 e. The number of furan rings is 1. The van der Waals surface area contributed by atoms with E-state index in [0.717, 1.165) is 50.0 Å². The van der Waals surface area contributed by atoms with Gasteiger partial charge in [0.25, 0.3) is 0 Å². The van der Waals surface area contributed by atoms with Crippen LogP contribution in [0.5, 0.6) is 0 Å². The average molecular weight is 730 g/mol. The van der Waals surface area contributed by atoms with Gasteiger partial charge in [-0.2, -0.15) is 0 Å². The highest BCUT2D eigenvalue weighted by molar-refractivity contribution is 6.26. The summed E-state index contributed by atoms with van der Waals surface area (Å²) in [7, 11) is 0. The number of anilines is 3. The van der Waals surface area contributed by atoms with Crippen molar-refractivity contribution in [3.8, 4) is 44.5 Å². The van der Waals surface area contributed by atoms with Crippen molar-refractivity contribution < 1.29 is 4.42 Å². The molecule has 0 aliphatic heterocycles. The minimum atomic E-state index is -0.112. The van der Waals surface area contributed by atoms with Crippen LogP contribution in [0.25, 0.3) is 77.2 Å². The van der Waals surface area contributed by atoms with Crippen molar-refractivity contribution in [1.29, 1.82) is 0 Å². The Bertz CT molecular complexity index is 3120. The van der Waals surface area contributed by atoms with Crippen LogP contribution in [-0.4, -0.2) is 0 Å². The van der Waals surface area contributed by atoms with E-state index < -0.39 is 0 Å². The summed E-state index contributed by atoms with van der Waals surface area (Å²) in [6.45, 7) is 4.70. The highest BCUT2D eigenvalue weighted by Gasteiger charge is 2.35. The second-order valence-corrected chi connectivity index (χ2v) is 15.7. The molecule has 2 heteroatoms. The molecule has 11 rings (SSSR count). The Morgan fingerprint density at radius 2 is 0.895 bits per heavy atom. The zero-order valence-corrected chi connectivity index (χ0v) is 31.9. The molecule has 0 amide bonds. The van der Waals surface area contributed by atoms with Gasteiger partial charge in [-0.15, -0.1) is 0 Å². The Labute approximate surface area is 332 Å². The van der Waals surface area contributed by atoms with E-state index in [2.05, 4.69) is 219 Å². The lowest BCUT2D eigenvalue weighted by Gasteiger charge is -2.28. The highest BCUT2D eigenvalue weighted by Crippen LogP contribution is 2.52. The van der Waals surface area contributed by atoms with Crippen molar-refractivity contribution in [3.05, 3.63) is 211 Å². The Morgan fingerprint density at radius 3 is 1.61 bits per heavy atom. The van der Waals surface area contributed by atoms with Crippen LogP contribution in [0.2, 0.25) is 0 Å². The summed E-state index contributed by atoms with van der Waals surface area (Å²) in [5, 5.41) is 4.56. The highest BCUT2D eigenvalue weighted by atomic mass is 16.3. The molecule has 0 unspecified atom stereocenters. The molecule has 0 spiro atoms. The summed E-state index contributed by atoms with van der Waals surface area (Å²) < 4.78 is 6.66. The predicted molar refractivity (Wildman–Crippen MR) is 240 cm³/mol. The van der Waals surface area contributed by atoms with Crippen LogP contribution < -0.4 is 4.90 Å². The predicted octanol–water partition coefficient (Wildman–Crippen LogP) is 15.5. The number of fused-ring (bicyclic) bond motifs is 8. The fourth-order valence-electron chi connectivity index (χ4n) is 9.32. The quantitative estimate of drug-likeness (QED) is 0.169. The molecule has 9 aromatic carbocycles. The summed E-state index contributed by atoms with van der Waals surface area (Å²) in [6, 6.07) is 72.5. The van der Waals surface area contributed by atoms with Gasteiger partial charge in [0.15, 0.2) is 0 Å². The molecule has 0 radical (unpaired) electrons. The normalized spacial score (nSPS) is 12.9. The molecule has 1 aromatic heterocycles. The van der Waals surface area contributed by atoms with Gasteiger partial charge in [0.1, 0.15) is 11.2 Å². The summed E-state index contributed by atoms with van der Waals surface area (Å²) in [5.41, 5.74) is 17.6. The molecule has 2 nitrogen and oxygen atoms in total. The third kappa shape index (κ3) is 5.25. The zero-order valence-electron chi connectivity index (χ0n) is 31.9. The van der Waals surface area contributed by atoms with Crippen LogP contribution in [0.3, 0.4) is 0 Å². The van der Waals surface area contributed by atoms with Gasteiger partial charge < -0.3 is 9.32 Å². The van der Waals surface area contributed by atoms with Crippen LogP contribution in [-0.2, 0) is 5.41 Å². The zero-order chi connectivity index (χ0) is 38.1. The van der Waals surface area contributed by atoms with Crippen LogP contribution in [0.4, 0.5) is 17.1 Å². The molecule has 1 heterocycles. The molecule has 10 aromatic rings. The van der Waals surface area contributed by atoms with Crippen LogP contribution >= 0.6 is 0 Å². The second kappa shape index (κ2) is 13.0. The van der Waals surface area contributed by atoms with Gasteiger partial charge in [-0.3, -0.25) is 0 Å². The molecule has 1 aliphatic rings. The molecule has 0 atom stereocenters. The van der Waals surface area contributed by atoms with Crippen molar-refractivity contribution in [2.24, 2.45) is 0 Å². The molecule has 0 saturated heterocycles. The third-order valence-corrected chi connectivity index (χ3v) is 12.1. The minimum absolute atomic E-state index is 0.112. The maximum absolute atomic E-state index is 6.66. The molecule has 270 valence electrons. The van der Waals surface area contributed by atoms with Crippen molar-refractivity contribution in [3.63, 3.8) is 0 Å². The lowest BCUT2D eigenvalue weighted by Crippen LogP contribution is -2.16. The van der Waals surface area contributed by atoms with Gasteiger partial charge >= 0.3 is 0 Å². The van der Waals surface area contributed by atoms with Gasteiger partial charge in [-0.05, 0) is 97.9 Å². The number of benzene rings is 9. The molecular weight excluding hydrogens is 691 g/mol. The Balaban J connectivity index is 1.11. The Kier molecular flexibility index (Phi) is 7.55. The molecule has 1 aliphatic carbocycles. The van der Waals surface area contributed by atoms with E-state index in [1.165, 1.54) is 55.5 Å². The topological polar surface area (TPSA) is 16.4 Å². The van der Waals surface area contributed by atoms with E-state index in [1.807, 2.05) is 0 Å². The number of para-hydroxylation sites is 1. The first-order chi connectivity index (χ1) is 28.0. The minimum Gasteiger partial charge on any atom is -0.455 e.